The molecule has 1 saturated heterocycles. The third-order valence-corrected chi connectivity index (χ3v) is 6.06. The minimum atomic E-state index is 0.138. The molecule has 3 rings (SSSR count). The Kier molecular flexibility index (Phi) is 4.26. The molecule has 1 heterocycles. The second-order valence-electron chi connectivity index (χ2n) is 7.22. The maximum absolute atomic E-state index is 6.38. The van der Waals surface area contributed by atoms with Gasteiger partial charge in [0.25, 0.3) is 0 Å². The van der Waals surface area contributed by atoms with Crippen LogP contribution < -0.4 is 5.32 Å². The zero-order valence-electron chi connectivity index (χ0n) is 12.9. The van der Waals surface area contributed by atoms with E-state index in [1.165, 1.54) is 25.7 Å². The third kappa shape index (κ3) is 3.10. The molecule has 1 aromatic carbocycles. The van der Waals surface area contributed by atoms with E-state index in [9.17, 15) is 0 Å². The van der Waals surface area contributed by atoms with Crippen LogP contribution in [0.3, 0.4) is 0 Å². The van der Waals surface area contributed by atoms with Crippen molar-refractivity contribution in [1.82, 2.24) is 10.2 Å². The van der Waals surface area contributed by atoms with Crippen LogP contribution in [0.15, 0.2) is 18.2 Å². The predicted molar refractivity (Wildman–Crippen MR) is 90.2 cm³/mol. The van der Waals surface area contributed by atoms with Crippen molar-refractivity contribution >= 4 is 23.2 Å². The highest BCUT2D eigenvalue weighted by atomic mass is 35.5. The van der Waals surface area contributed by atoms with E-state index in [4.69, 9.17) is 23.2 Å². The van der Waals surface area contributed by atoms with Gasteiger partial charge in [-0.2, -0.15) is 0 Å². The standard InChI is InChI=1S/C17H24Cl2N2/c1-16(2)11-20-17(8-3-4-9-17)12-21(16)10-13-6-5-7-14(18)15(13)19/h5-7,20H,3-4,8-12H2,1-2H3. The van der Waals surface area contributed by atoms with Crippen LogP contribution in [0, 0.1) is 0 Å². The second kappa shape index (κ2) is 5.73. The quantitative estimate of drug-likeness (QED) is 0.861. The summed E-state index contributed by atoms with van der Waals surface area (Å²) in [6, 6.07) is 5.94. The van der Waals surface area contributed by atoms with Crippen LogP contribution >= 0.6 is 23.2 Å². The van der Waals surface area contributed by atoms with Gasteiger partial charge in [0.15, 0.2) is 0 Å². The van der Waals surface area contributed by atoms with E-state index in [-0.39, 0.29) is 5.54 Å². The van der Waals surface area contributed by atoms with Gasteiger partial charge in [-0.25, -0.2) is 0 Å². The first-order chi connectivity index (χ1) is 9.92. The lowest BCUT2D eigenvalue weighted by Crippen LogP contribution is -2.66. The van der Waals surface area contributed by atoms with Gasteiger partial charge in [-0.1, -0.05) is 48.2 Å². The monoisotopic (exact) mass is 326 g/mol. The zero-order chi connectivity index (χ0) is 15.1. The van der Waals surface area contributed by atoms with Gasteiger partial charge in [-0.3, -0.25) is 4.90 Å². The summed E-state index contributed by atoms with van der Waals surface area (Å²) in [7, 11) is 0. The van der Waals surface area contributed by atoms with E-state index in [1.807, 2.05) is 12.1 Å². The van der Waals surface area contributed by atoms with E-state index < -0.39 is 0 Å². The molecule has 0 radical (unpaired) electrons. The maximum atomic E-state index is 6.38. The van der Waals surface area contributed by atoms with Crippen molar-refractivity contribution in [3.8, 4) is 0 Å². The van der Waals surface area contributed by atoms with Gasteiger partial charge in [-0.15, -0.1) is 0 Å². The second-order valence-corrected chi connectivity index (χ2v) is 8.01. The SMILES string of the molecule is CC1(C)CNC2(CCCC2)CN1Cc1cccc(Cl)c1Cl. The lowest BCUT2D eigenvalue weighted by molar-refractivity contribution is 0.0217. The molecule has 2 nitrogen and oxygen atoms in total. The highest BCUT2D eigenvalue weighted by molar-refractivity contribution is 6.42. The molecule has 1 aromatic rings. The summed E-state index contributed by atoms with van der Waals surface area (Å²) in [4.78, 5) is 2.58. The Hall–Kier alpha value is -0.280. The molecule has 21 heavy (non-hydrogen) atoms. The van der Waals surface area contributed by atoms with Gasteiger partial charge < -0.3 is 5.32 Å². The minimum Gasteiger partial charge on any atom is -0.308 e. The van der Waals surface area contributed by atoms with Crippen LogP contribution in [0.25, 0.3) is 0 Å². The Bertz CT molecular complexity index is 522. The van der Waals surface area contributed by atoms with Crippen molar-refractivity contribution in [2.45, 2.75) is 57.2 Å². The van der Waals surface area contributed by atoms with Crippen LogP contribution in [-0.2, 0) is 6.54 Å². The van der Waals surface area contributed by atoms with Crippen molar-refractivity contribution < 1.29 is 0 Å². The maximum Gasteiger partial charge on any atom is 0.0637 e. The summed E-state index contributed by atoms with van der Waals surface area (Å²) >= 11 is 12.5. The highest BCUT2D eigenvalue weighted by Crippen LogP contribution is 2.37. The van der Waals surface area contributed by atoms with E-state index >= 15 is 0 Å². The molecule has 1 saturated carbocycles. The average molecular weight is 327 g/mol. The van der Waals surface area contributed by atoms with Gasteiger partial charge >= 0.3 is 0 Å². The molecule has 1 N–H and O–H groups in total. The van der Waals surface area contributed by atoms with Gasteiger partial charge in [0, 0.05) is 30.7 Å². The zero-order valence-corrected chi connectivity index (χ0v) is 14.4. The van der Waals surface area contributed by atoms with Crippen molar-refractivity contribution in [2.24, 2.45) is 0 Å². The van der Waals surface area contributed by atoms with Gasteiger partial charge in [0.2, 0.25) is 0 Å². The Morgan fingerprint density at radius 1 is 1.19 bits per heavy atom. The Morgan fingerprint density at radius 2 is 1.90 bits per heavy atom. The lowest BCUT2D eigenvalue weighted by Gasteiger charge is -2.51. The summed E-state index contributed by atoms with van der Waals surface area (Å²) < 4.78 is 0. The molecule has 2 aliphatic rings. The summed E-state index contributed by atoms with van der Waals surface area (Å²) in [5.41, 5.74) is 1.59. The molecular weight excluding hydrogens is 303 g/mol. The Morgan fingerprint density at radius 3 is 2.62 bits per heavy atom. The molecule has 0 amide bonds. The summed E-state index contributed by atoms with van der Waals surface area (Å²) in [5, 5.41) is 5.18. The number of benzene rings is 1. The van der Waals surface area contributed by atoms with Crippen LogP contribution in [0.1, 0.15) is 45.1 Å². The fourth-order valence-electron chi connectivity index (χ4n) is 3.68. The van der Waals surface area contributed by atoms with Crippen molar-refractivity contribution in [2.75, 3.05) is 13.1 Å². The summed E-state index contributed by atoms with van der Waals surface area (Å²) in [5.74, 6) is 0. The number of nitrogens with one attached hydrogen (secondary N) is 1. The van der Waals surface area contributed by atoms with Crippen LogP contribution in [0.2, 0.25) is 10.0 Å². The first-order valence-corrected chi connectivity index (χ1v) is 8.61. The van der Waals surface area contributed by atoms with Crippen LogP contribution in [-0.4, -0.2) is 29.1 Å². The van der Waals surface area contributed by atoms with E-state index in [2.05, 4.69) is 30.1 Å². The molecule has 1 aliphatic heterocycles. The molecule has 0 atom stereocenters. The van der Waals surface area contributed by atoms with E-state index in [0.717, 1.165) is 25.2 Å². The topological polar surface area (TPSA) is 15.3 Å². The van der Waals surface area contributed by atoms with E-state index in [0.29, 0.717) is 15.6 Å². The molecule has 2 fully saturated rings. The van der Waals surface area contributed by atoms with Gasteiger partial charge in [0.1, 0.15) is 0 Å². The molecule has 4 heteroatoms. The van der Waals surface area contributed by atoms with Crippen molar-refractivity contribution in [3.63, 3.8) is 0 Å². The number of hydrogen-bond donors (Lipinski definition) is 1. The largest absolute Gasteiger partial charge is 0.308 e. The highest BCUT2D eigenvalue weighted by Gasteiger charge is 2.44. The normalized spacial score (nSPS) is 24.6. The predicted octanol–water partition coefficient (Wildman–Crippen LogP) is 4.49. The Balaban J connectivity index is 1.82. The average Bonchev–Trinajstić information content (AvgIpc) is 2.89. The fraction of sp³-hybridized carbons (Fsp3) is 0.647. The molecule has 0 bridgehead atoms. The molecule has 1 aliphatic carbocycles. The number of piperazine rings is 1. The van der Waals surface area contributed by atoms with Crippen LogP contribution in [0.4, 0.5) is 0 Å². The summed E-state index contributed by atoms with van der Waals surface area (Å²) in [6.07, 6.45) is 5.28. The van der Waals surface area contributed by atoms with Crippen LogP contribution in [0.5, 0.6) is 0 Å². The number of nitrogens with zero attached hydrogens (tertiary/aromatic N) is 1. The van der Waals surface area contributed by atoms with Crippen molar-refractivity contribution in [1.29, 1.82) is 0 Å². The number of rotatable bonds is 2. The third-order valence-electron chi connectivity index (χ3n) is 5.20. The van der Waals surface area contributed by atoms with Gasteiger partial charge in [0.05, 0.1) is 10.0 Å². The first kappa shape index (κ1) is 15.6. The number of hydrogen-bond acceptors (Lipinski definition) is 2. The fourth-order valence-corrected chi connectivity index (χ4v) is 4.06. The Labute approximate surface area is 137 Å². The molecule has 0 unspecified atom stereocenters. The minimum absolute atomic E-state index is 0.138. The molecule has 1 spiro atoms. The molecular formula is C17H24Cl2N2. The lowest BCUT2D eigenvalue weighted by atomic mass is 9.87. The first-order valence-electron chi connectivity index (χ1n) is 7.85. The van der Waals surface area contributed by atoms with Gasteiger partial charge in [-0.05, 0) is 38.3 Å². The van der Waals surface area contributed by atoms with Crippen molar-refractivity contribution in [3.05, 3.63) is 33.8 Å². The molecule has 0 aromatic heterocycles. The smallest absolute Gasteiger partial charge is 0.0637 e. The van der Waals surface area contributed by atoms with E-state index in [1.54, 1.807) is 0 Å². The molecule has 116 valence electrons. The number of halogens is 2. The summed E-state index contributed by atoms with van der Waals surface area (Å²) in [6.45, 7) is 7.62.